The summed E-state index contributed by atoms with van der Waals surface area (Å²) in [5.74, 6) is 0. The van der Waals surface area contributed by atoms with Crippen molar-refractivity contribution < 1.29 is 0 Å². The van der Waals surface area contributed by atoms with Crippen LogP contribution in [0.25, 0.3) is 0 Å². The Morgan fingerprint density at radius 2 is 2.26 bits per heavy atom. The number of nitrogens with zero attached hydrogens (tertiary/aromatic N) is 1. The van der Waals surface area contributed by atoms with Crippen molar-refractivity contribution in [2.45, 2.75) is 45.2 Å². The fourth-order valence-corrected chi connectivity index (χ4v) is 3.69. The van der Waals surface area contributed by atoms with Gasteiger partial charge in [0.2, 0.25) is 0 Å². The van der Waals surface area contributed by atoms with Crippen molar-refractivity contribution >= 4 is 33.2 Å². The smallest absolute Gasteiger partial charge is 0.0514 e. The van der Waals surface area contributed by atoms with E-state index in [9.17, 15) is 0 Å². The third-order valence-corrected chi connectivity index (χ3v) is 4.65. The number of hydrogen-bond acceptors (Lipinski definition) is 2. The Hall–Kier alpha value is -0.250. The second-order valence-electron chi connectivity index (χ2n) is 5.31. The molecule has 2 atom stereocenters. The molecule has 1 aliphatic heterocycles. The molecule has 1 saturated heterocycles. The van der Waals surface area contributed by atoms with Gasteiger partial charge in [-0.2, -0.15) is 0 Å². The second kappa shape index (κ2) is 6.96. The van der Waals surface area contributed by atoms with Crippen LogP contribution in [0.1, 0.15) is 33.1 Å². The zero-order valence-corrected chi connectivity index (χ0v) is 14.0. The van der Waals surface area contributed by atoms with E-state index in [0.29, 0.717) is 12.1 Å². The lowest BCUT2D eigenvalue weighted by Crippen LogP contribution is -2.47. The molecule has 2 rings (SSSR count). The molecule has 0 aromatic heterocycles. The topological polar surface area (TPSA) is 15.3 Å². The summed E-state index contributed by atoms with van der Waals surface area (Å²) in [6.45, 7) is 6.75. The molecule has 106 valence electrons. The largest absolute Gasteiger partial charge is 0.368 e. The summed E-state index contributed by atoms with van der Waals surface area (Å²) < 4.78 is 1.09. The molecule has 0 spiro atoms. The van der Waals surface area contributed by atoms with Crippen LogP contribution in [0.2, 0.25) is 5.02 Å². The van der Waals surface area contributed by atoms with Crippen LogP contribution in [0, 0.1) is 0 Å². The van der Waals surface area contributed by atoms with Gasteiger partial charge in [0.1, 0.15) is 0 Å². The summed E-state index contributed by atoms with van der Waals surface area (Å²) in [6.07, 6.45) is 3.62. The summed E-state index contributed by atoms with van der Waals surface area (Å²) in [5.41, 5.74) is 1.26. The van der Waals surface area contributed by atoms with E-state index in [2.05, 4.69) is 46.1 Å². The van der Waals surface area contributed by atoms with Crippen LogP contribution in [0.4, 0.5) is 5.69 Å². The summed E-state index contributed by atoms with van der Waals surface area (Å²) >= 11 is 9.64. The van der Waals surface area contributed by atoms with Gasteiger partial charge in [0.05, 0.1) is 5.69 Å². The van der Waals surface area contributed by atoms with E-state index in [4.69, 9.17) is 11.6 Å². The maximum absolute atomic E-state index is 6.01. The second-order valence-corrected chi connectivity index (χ2v) is 6.60. The van der Waals surface area contributed by atoms with Crippen molar-refractivity contribution in [1.82, 2.24) is 5.32 Å². The van der Waals surface area contributed by atoms with E-state index < -0.39 is 0 Å². The molecule has 1 aromatic rings. The number of benzene rings is 1. The van der Waals surface area contributed by atoms with Crippen LogP contribution in [-0.2, 0) is 0 Å². The molecule has 0 amide bonds. The quantitative estimate of drug-likeness (QED) is 0.866. The average molecular weight is 346 g/mol. The highest BCUT2D eigenvalue weighted by atomic mass is 79.9. The molecule has 0 radical (unpaired) electrons. The number of halogens is 2. The van der Waals surface area contributed by atoms with E-state index in [1.165, 1.54) is 24.9 Å². The highest BCUT2D eigenvalue weighted by molar-refractivity contribution is 9.10. The predicted molar refractivity (Wildman–Crippen MR) is 87.3 cm³/mol. The number of nitrogens with one attached hydrogen (secondary N) is 1. The third-order valence-electron chi connectivity index (χ3n) is 3.78. The van der Waals surface area contributed by atoms with Gasteiger partial charge in [-0.15, -0.1) is 0 Å². The van der Waals surface area contributed by atoms with Crippen LogP contribution in [0.15, 0.2) is 22.7 Å². The maximum atomic E-state index is 6.01. The van der Waals surface area contributed by atoms with Gasteiger partial charge in [-0.05, 0) is 66.9 Å². The van der Waals surface area contributed by atoms with Gasteiger partial charge in [0, 0.05) is 28.1 Å². The molecule has 19 heavy (non-hydrogen) atoms. The van der Waals surface area contributed by atoms with Gasteiger partial charge in [0.15, 0.2) is 0 Å². The molecule has 1 fully saturated rings. The Morgan fingerprint density at radius 3 is 2.89 bits per heavy atom. The Kier molecular flexibility index (Phi) is 5.55. The molecule has 4 heteroatoms. The summed E-state index contributed by atoms with van der Waals surface area (Å²) in [7, 11) is 0. The lowest BCUT2D eigenvalue weighted by molar-refractivity contribution is 0.368. The Balaban J connectivity index is 2.03. The van der Waals surface area contributed by atoms with Crippen molar-refractivity contribution in [3.8, 4) is 0 Å². The van der Waals surface area contributed by atoms with Gasteiger partial charge in [-0.1, -0.05) is 18.5 Å². The van der Waals surface area contributed by atoms with Crippen molar-refractivity contribution in [2.24, 2.45) is 0 Å². The normalized spacial score (nSPS) is 23.7. The number of anilines is 1. The number of piperidine rings is 1. The van der Waals surface area contributed by atoms with Gasteiger partial charge < -0.3 is 10.2 Å². The lowest BCUT2D eigenvalue weighted by atomic mass is 9.97. The summed E-state index contributed by atoms with van der Waals surface area (Å²) in [6, 6.07) is 7.28. The number of rotatable bonds is 4. The average Bonchev–Trinajstić information content (AvgIpc) is 2.37. The molecule has 2 unspecified atom stereocenters. The first-order chi connectivity index (χ1) is 9.11. The molecule has 0 bridgehead atoms. The van der Waals surface area contributed by atoms with E-state index >= 15 is 0 Å². The lowest BCUT2D eigenvalue weighted by Gasteiger charge is -2.40. The van der Waals surface area contributed by atoms with Gasteiger partial charge >= 0.3 is 0 Å². The first-order valence-corrected chi connectivity index (χ1v) is 8.24. The van der Waals surface area contributed by atoms with E-state index in [0.717, 1.165) is 22.6 Å². The van der Waals surface area contributed by atoms with Crippen LogP contribution >= 0.6 is 27.5 Å². The minimum Gasteiger partial charge on any atom is -0.368 e. The van der Waals surface area contributed by atoms with Crippen LogP contribution in [0.5, 0.6) is 0 Å². The molecule has 0 aliphatic carbocycles. The molecule has 1 N–H and O–H groups in total. The first kappa shape index (κ1) is 15.1. The Bertz CT molecular complexity index is 425. The van der Waals surface area contributed by atoms with Gasteiger partial charge in [-0.3, -0.25) is 0 Å². The Labute approximate surface area is 129 Å². The highest BCUT2D eigenvalue weighted by Gasteiger charge is 2.26. The van der Waals surface area contributed by atoms with Gasteiger partial charge in [0.25, 0.3) is 0 Å². The predicted octanol–water partition coefficient (Wildman–Crippen LogP) is 4.46. The molecule has 1 aliphatic rings. The summed E-state index contributed by atoms with van der Waals surface area (Å²) in [4.78, 5) is 2.48. The zero-order chi connectivity index (χ0) is 13.8. The molecule has 1 aromatic carbocycles. The fourth-order valence-electron chi connectivity index (χ4n) is 2.78. The van der Waals surface area contributed by atoms with E-state index in [1.807, 2.05) is 12.1 Å². The minimum atomic E-state index is 0.556. The van der Waals surface area contributed by atoms with Crippen LogP contribution < -0.4 is 10.2 Å². The Morgan fingerprint density at radius 1 is 1.47 bits per heavy atom. The highest BCUT2D eigenvalue weighted by Crippen LogP contribution is 2.33. The van der Waals surface area contributed by atoms with Gasteiger partial charge in [-0.25, -0.2) is 0 Å². The standard InChI is InChI=1S/C15H22BrClN2/c1-3-7-18-13-6-8-19(11(2)9-13)15-5-4-12(17)10-14(15)16/h4-5,10-11,13,18H,3,6-9H2,1-2H3. The van der Waals surface area contributed by atoms with E-state index in [-0.39, 0.29) is 0 Å². The van der Waals surface area contributed by atoms with Crippen LogP contribution in [0.3, 0.4) is 0 Å². The maximum Gasteiger partial charge on any atom is 0.0514 e. The zero-order valence-electron chi connectivity index (χ0n) is 11.6. The number of hydrogen-bond donors (Lipinski definition) is 1. The summed E-state index contributed by atoms with van der Waals surface area (Å²) in [5, 5.41) is 4.42. The fraction of sp³-hybridized carbons (Fsp3) is 0.600. The molecular formula is C15H22BrClN2. The monoisotopic (exact) mass is 344 g/mol. The molecule has 0 saturated carbocycles. The van der Waals surface area contributed by atoms with Crippen molar-refractivity contribution in [1.29, 1.82) is 0 Å². The first-order valence-electron chi connectivity index (χ1n) is 7.07. The van der Waals surface area contributed by atoms with Crippen LogP contribution in [-0.4, -0.2) is 25.2 Å². The van der Waals surface area contributed by atoms with Crippen molar-refractivity contribution in [3.05, 3.63) is 27.7 Å². The SMILES string of the molecule is CCCNC1CCN(c2ccc(Cl)cc2Br)C(C)C1. The van der Waals surface area contributed by atoms with E-state index in [1.54, 1.807) is 0 Å². The van der Waals surface area contributed by atoms with Crippen molar-refractivity contribution in [2.75, 3.05) is 18.0 Å². The molecule has 1 heterocycles. The van der Waals surface area contributed by atoms with Crippen molar-refractivity contribution in [3.63, 3.8) is 0 Å². The molecular weight excluding hydrogens is 324 g/mol. The molecule has 2 nitrogen and oxygen atoms in total. The minimum absolute atomic E-state index is 0.556. The third kappa shape index (κ3) is 3.87.